The second-order valence-corrected chi connectivity index (χ2v) is 4.39. The monoisotopic (exact) mass is 234 g/mol. The van der Waals surface area contributed by atoms with Crippen molar-refractivity contribution in [3.8, 4) is 16.6 Å². The molecule has 0 aromatic carbocycles. The Morgan fingerprint density at radius 3 is 2.93 bits per heavy atom. The maximum absolute atomic E-state index is 8.79. The second kappa shape index (κ2) is 4.01. The lowest BCUT2D eigenvalue weighted by atomic mass is 10.1. The molecule has 0 fully saturated rings. The zero-order chi connectivity index (χ0) is 10.8. The standard InChI is InChI=1S/C11H7ClN2S/c1-7-5-8(6-13)11(12)14-10(7)9-3-2-4-15-9/h2-5H,1H3. The van der Waals surface area contributed by atoms with Gasteiger partial charge in [-0.15, -0.1) is 11.3 Å². The molecule has 2 aromatic heterocycles. The van der Waals surface area contributed by atoms with Gasteiger partial charge in [0.2, 0.25) is 0 Å². The zero-order valence-corrected chi connectivity index (χ0v) is 9.56. The quantitative estimate of drug-likeness (QED) is 0.707. The smallest absolute Gasteiger partial charge is 0.147 e. The molecule has 2 aromatic rings. The minimum absolute atomic E-state index is 0.270. The Labute approximate surface area is 96.8 Å². The van der Waals surface area contributed by atoms with Crippen LogP contribution in [0.3, 0.4) is 0 Å². The molecule has 0 atom stereocenters. The molecular formula is C11H7ClN2S. The number of nitrogens with zero attached hydrogens (tertiary/aromatic N) is 2. The van der Waals surface area contributed by atoms with Gasteiger partial charge in [-0.05, 0) is 30.0 Å². The molecule has 0 amide bonds. The first-order valence-electron chi connectivity index (χ1n) is 4.33. The first kappa shape index (κ1) is 10.2. The lowest BCUT2D eigenvalue weighted by Crippen LogP contribution is -1.90. The maximum atomic E-state index is 8.79. The summed E-state index contributed by atoms with van der Waals surface area (Å²) in [5.74, 6) is 0. The van der Waals surface area contributed by atoms with Crippen LogP contribution in [0.5, 0.6) is 0 Å². The van der Waals surface area contributed by atoms with Crippen LogP contribution in [0, 0.1) is 18.3 Å². The summed E-state index contributed by atoms with van der Waals surface area (Å²) in [6.07, 6.45) is 0. The molecule has 2 heterocycles. The Morgan fingerprint density at radius 1 is 1.53 bits per heavy atom. The van der Waals surface area contributed by atoms with Crippen LogP contribution in [0.4, 0.5) is 0 Å². The number of nitriles is 1. The summed E-state index contributed by atoms with van der Waals surface area (Å²) in [5, 5.41) is 11.1. The SMILES string of the molecule is Cc1cc(C#N)c(Cl)nc1-c1cccs1. The van der Waals surface area contributed by atoms with Crippen LogP contribution in [0.25, 0.3) is 10.6 Å². The van der Waals surface area contributed by atoms with Gasteiger partial charge in [-0.3, -0.25) is 0 Å². The summed E-state index contributed by atoms with van der Waals surface area (Å²) in [4.78, 5) is 5.31. The molecule has 0 saturated carbocycles. The van der Waals surface area contributed by atoms with Gasteiger partial charge in [0.05, 0.1) is 16.1 Å². The normalized spacial score (nSPS) is 9.93. The number of thiophene rings is 1. The molecule has 0 bridgehead atoms. The molecule has 0 aliphatic heterocycles. The van der Waals surface area contributed by atoms with E-state index in [1.165, 1.54) is 0 Å². The fraction of sp³-hybridized carbons (Fsp3) is 0.0909. The highest BCUT2D eigenvalue weighted by molar-refractivity contribution is 7.13. The molecule has 0 aliphatic rings. The van der Waals surface area contributed by atoms with Gasteiger partial charge < -0.3 is 0 Å². The van der Waals surface area contributed by atoms with E-state index in [2.05, 4.69) is 4.98 Å². The van der Waals surface area contributed by atoms with Crippen molar-refractivity contribution >= 4 is 22.9 Å². The Kier molecular flexibility index (Phi) is 2.72. The molecule has 0 unspecified atom stereocenters. The fourth-order valence-corrected chi connectivity index (χ4v) is 2.29. The summed E-state index contributed by atoms with van der Waals surface area (Å²) in [6.45, 7) is 1.93. The number of rotatable bonds is 1. The van der Waals surface area contributed by atoms with Crippen LogP contribution in [0.15, 0.2) is 23.6 Å². The maximum Gasteiger partial charge on any atom is 0.147 e. The predicted molar refractivity (Wildman–Crippen MR) is 62.0 cm³/mol. The molecule has 74 valence electrons. The van der Waals surface area contributed by atoms with Crippen LogP contribution in [0.1, 0.15) is 11.1 Å². The second-order valence-electron chi connectivity index (χ2n) is 3.08. The van der Waals surface area contributed by atoms with Gasteiger partial charge >= 0.3 is 0 Å². The van der Waals surface area contributed by atoms with Gasteiger partial charge in [-0.1, -0.05) is 17.7 Å². The van der Waals surface area contributed by atoms with Crippen molar-refractivity contribution in [1.29, 1.82) is 5.26 Å². The molecule has 0 radical (unpaired) electrons. The van der Waals surface area contributed by atoms with Crippen LogP contribution in [-0.4, -0.2) is 4.98 Å². The predicted octanol–water partition coefficient (Wildman–Crippen LogP) is 3.64. The zero-order valence-electron chi connectivity index (χ0n) is 7.99. The number of hydrogen-bond donors (Lipinski definition) is 0. The fourth-order valence-electron chi connectivity index (χ4n) is 1.33. The lowest BCUT2D eigenvalue weighted by molar-refractivity contribution is 1.26. The Hall–Kier alpha value is -1.37. The highest BCUT2D eigenvalue weighted by Crippen LogP contribution is 2.28. The van der Waals surface area contributed by atoms with E-state index >= 15 is 0 Å². The molecule has 4 heteroatoms. The summed E-state index contributed by atoms with van der Waals surface area (Å²) in [7, 11) is 0. The number of aryl methyl sites for hydroxylation is 1. The molecule has 0 N–H and O–H groups in total. The van der Waals surface area contributed by atoms with Crippen molar-refractivity contribution in [3.05, 3.63) is 39.9 Å². The summed E-state index contributed by atoms with van der Waals surface area (Å²) >= 11 is 7.50. The average Bonchev–Trinajstić information content (AvgIpc) is 2.74. The third kappa shape index (κ3) is 1.87. The Bertz CT molecular complexity index is 526. The number of halogens is 1. The van der Waals surface area contributed by atoms with Crippen LogP contribution in [0.2, 0.25) is 5.15 Å². The van der Waals surface area contributed by atoms with E-state index < -0.39 is 0 Å². The third-order valence-electron chi connectivity index (χ3n) is 2.04. The van der Waals surface area contributed by atoms with Crippen LogP contribution in [-0.2, 0) is 0 Å². The topological polar surface area (TPSA) is 36.7 Å². The lowest BCUT2D eigenvalue weighted by Gasteiger charge is -2.03. The van der Waals surface area contributed by atoms with Gasteiger partial charge in [0.15, 0.2) is 0 Å². The van der Waals surface area contributed by atoms with Crippen LogP contribution < -0.4 is 0 Å². The minimum Gasteiger partial charge on any atom is -0.234 e. The highest BCUT2D eigenvalue weighted by atomic mass is 35.5. The van der Waals surface area contributed by atoms with Crippen molar-refractivity contribution in [3.63, 3.8) is 0 Å². The molecule has 0 spiro atoms. The van der Waals surface area contributed by atoms with Gasteiger partial charge in [0.1, 0.15) is 11.2 Å². The van der Waals surface area contributed by atoms with Crippen molar-refractivity contribution in [2.75, 3.05) is 0 Å². The molecule has 0 aliphatic carbocycles. The minimum atomic E-state index is 0.270. The summed E-state index contributed by atoms with van der Waals surface area (Å²) < 4.78 is 0. The molecule has 2 nitrogen and oxygen atoms in total. The largest absolute Gasteiger partial charge is 0.234 e. The van der Waals surface area contributed by atoms with Gasteiger partial charge in [-0.25, -0.2) is 4.98 Å². The van der Waals surface area contributed by atoms with Crippen molar-refractivity contribution in [2.24, 2.45) is 0 Å². The van der Waals surface area contributed by atoms with E-state index in [0.29, 0.717) is 5.56 Å². The Morgan fingerprint density at radius 2 is 2.33 bits per heavy atom. The van der Waals surface area contributed by atoms with Gasteiger partial charge in [0, 0.05) is 0 Å². The highest BCUT2D eigenvalue weighted by Gasteiger charge is 2.09. The van der Waals surface area contributed by atoms with E-state index in [4.69, 9.17) is 16.9 Å². The summed E-state index contributed by atoms with van der Waals surface area (Å²) in [6, 6.07) is 7.74. The average molecular weight is 235 g/mol. The van der Waals surface area contributed by atoms with E-state index in [-0.39, 0.29) is 5.15 Å². The molecule has 15 heavy (non-hydrogen) atoms. The molecule has 2 rings (SSSR count). The van der Waals surface area contributed by atoms with Crippen molar-refractivity contribution in [2.45, 2.75) is 6.92 Å². The van der Waals surface area contributed by atoms with E-state index in [0.717, 1.165) is 16.1 Å². The Balaban J connectivity index is 2.61. The van der Waals surface area contributed by atoms with E-state index in [1.807, 2.05) is 30.5 Å². The van der Waals surface area contributed by atoms with Crippen molar-refractivity contribution < 1.29 is 0 Å². The number of pyridine rings is 1. The van der Waals surface area contributed by atoms with E-state index in [9.17, 15) is 0 Å². The number of hydrogen-bond acceptors (Lipinski definition) is 3. The first-order chi connectivity index (χ1) is 7.22. The van der Waals surface area contributed by atoms with Gasteiger partial charge in [0.25, 0.3) is 0 Å². The van der Waals surface area contributed by atoms with E-state index in [1.54, 1.807) is 17.4 Å². The molecular weight excluding hydrogens is 228 g/mol. The first-order valence-corrected chi connectivity index (χ1v) is 5.59. The van der Waals surface area contributed by atoms with Gasteiger partial charge in [-0.2, -0.15) is 5.26 Å². The van der Waals surface area contributed by atoms with Crippen LogP contribution >= 0.6 is 22.9 Å². The molecule has 0 saturated heterocycles. The summed E-state index contributed by atoms with van der Waals surface area (Å²) in [5.41, 5.74) is 2.25. The van der Waals surface area contributed by atoms with Crippen molar-refractivity contribution in [1.82, 2.24) is 4.98 Å². The third-order valence-corrected chi connectivity index (χ3v) is 3.21. The number of aromatic nitrogens is 1.